The number of hydrogen-bond donors (Lipinski definition) is 1. The summed E-state index contributed by atoms with van der Waals surface area (Å²) in [6.07, 6.45) is -0.0426. The zero-order valence-electron chi connectivity index (χ0n) is 16.4. The van der Waals surface area contributed by atoms with E-state index in [1.165, 1.54) is 12.1 Å². The van der Waals surface area contributed by atoms with E-state index in [1.807, 2.05) is 4.90 Å². The lowest BCUT2D eigenvalue weighted by Crippen LogP contribution is -2.75. The van der Waals surface area contributed by atoms with Gasteiger partial charge < -0.3 is 9.64 Å². The predicted molar refractivity (Wildman–Crippen MR) is 101 cm³/mol. The van der Waals surface area contributed by atoms with Crippen LogP contribution in [0.1, 0.15) is 26.3 Å². The first-order valence-electron chi connectivity index (χ1n) is 9.39. The van der Waals surface area contributed by atoms with Crippen LogP contribution in [0.5, 0.6) is 0 Å². The van der Waals surface area contributed by atoms with Crippen LogP contribution < -0.4 is 10.2 Å². The number of ether oxygens (including phenoxy) is 1. The van der Waals surface area contributed by atoms with Crippen molar-refractivity contribution < 1.29 is 24.0 Å². The fraction of sp³-hybridized carbons (Fsp3) is 0.526. The molecule has 4 rings (SSSR count). The zero-order valence-corrected chi connectivity index (χ0v) is 16.4. The van der Waals surface area contributed by atoms with Gasteiger partial charge in [0.2, 0.25) is 11.8 Å². The summed E-state index contributed by atoms with van der Waals surface area (Å²) in [5.41, 5.74) is -1.29. The summed E-state index contributed by atoms with van der Waals surface area (Å²) in [4.78, 5) is 53.0. The van der Waals surface area contributed by atoms with Crippen LogP contribution in [0.3, 0.4) is 0 Å². The maximum absolute atomic E-state index is 13.7. The molecule has 2 atom stereocenters. The topological polar surface area (TPSA) is 122 Å². The van der Waals surface area contributed by atoms with Crippen LogP contribution in [0.15, 0.2) is 18.2 Å². The van der Waals surface area contributed by atoms with Crippen LogP contribution in [0.25, 0.3) is 0 Å². The number of fused-ring (bicyclic) bond motifs is 4. The third-order valence-corrected chi connectivity index (χ3v) is 5.83. The zero-order chi connectivity index (χ0) is 21.1. The summed E-state index contributed by atoms with van der Waals surface area (Å²) in [5.74, 6) is -1.29. The van der Waals surface area contributed by atoms with Crippen LogP contribution in [-0.4, -0.2) is 59.0 Å². The number of carbonyl (C=O) groups is 3. The first kappa shape index (κ1) is 19.3. The Morgan fingerprint density at radius 3 is 2.66 bits per heavy atom. The van der Waals surface area contributed by atoms with Crippen molar-refractivity contribution in [3.05, 3.63) is 33.9 Å². The molecular formula is C19H22N4O6. The van der Waals surface area contributed by atoms with E-state index in [0.717, 1.165) is 10.6 Å². The molecule has 0 unspecified atom stereocenters. The van der Waals surface area contributed by atoms with Gasteiger partial charge in [-0.15, -0.1) is 0 Å². The summed E-state index contributed by atoms with van der Waals surface area (Å²) < 4.78 is 5.60. The molecule has 3 aliphatic rings. The Bertz CT molecular complexity index is 939. The minimum atomic E-state index is -1.61. The van der Waals surface area contributed by atoms with Gasteiger partial charge in [0, 0.05) is 36.3 Å². The van der Waals surface area contributed by atoms with E-state index < -0.39 is 39.8 Å². The van der Waals surface area contributed by atoms with Gasteiger partial charge >= 0.3 is 6.03 Å². The molecule has 2 fully saturated rings. The fourth-order valence-electron chi connectivity index (χ4n) is 4.54. The highest BCUT2D eigenvalue weighted by atomic mass is 16.6. The average Bonchev–Trinajstić information content (AvgIpc) is 2.64. The first-order chi connectivity index (χ1) is 13.6. The molecule has 1 aromatic rings. The van der Waals surface area contributed by atoms with Crippen molar-refractivity contribution in [2.24, 2.45) is 5.41 Å². The standard InChI is InChI=1S/C19H22N4O6/c1-18(2,3)22-16(25)19(15(24)20-17(22)26)9-11-8-12(23(27)28)4-5-13(11)21-6-7-29-10-14(19)21/h4-5,8,14H,6-7,9-10H2,1-3H3,(H,20,24,26)/t14-,19-/m0/s1. The van der Waals surface area contributed by atoms with Gasteiger partial charge in [0.15, 0.2) is 5.41 Å². The number of nitrogens with one attached hydrogen (secondary N) is 1. The smallest absolute Gasteiger partial charge is 0.331 e. The summed E-state index contributed by atoms with van der Waals surface area (Å²) >= 11 is 0. The molecule has 4 amide bonds. The van der Waals surface area contributed by atoms with Gasteiger partial charge in [0.25, 0.3) is 5.69 Å². The number of hydrogen-bond acceptors (Lipinski definition) is 7. The molecular weight excluding hydrogens is 380 g/mol. The van der Waals surface area contributed by atoms with Crippen molar-refractivity contribution >= 4 is 29.2 Å². The molecule has 0 saturated carbocycles. The third-order valence-electron chi connectivity index (χ3n) is 5.83. The van der Waals surface area contributed by atoms with Crippen LogP contribution >= 0.6 is 0 Å². The molecule has 3 heterocycles. The number of barbiturate groups is 1. The molecule has 154 valence electrons. The van der Waals surface area contributed by atoms with Gasteiger partial charge in [-0.2, -0.15) is 0 Å². The number of carbonyl (C=O) groups excluding carboxylic acids is 3. The van der Waals surface area contributed by atoms with Crippen molar-refractivity contribution in [3.8, 4) is 0 Å². The van der Waals surface area contributed by atoms with Crippen molar-refractivity contribution in [1.29, 1.82) is 0 Å². The number of imide groups is 2. The van der Waals surface area contributed by atoms with Crippen LogP contribution in [0.4, 0.5) is 16.2 Å². The van der Waals surface area contributed by atoms with E-state index in [1.54, 1.807) is 26.8 Å². The number of non-ortho nitro benzene ring substituents is 1. The predicted octanol–water partition coefficient (Wildman–Crippen LogP) is 1.22. The van der Waals surface area contributed by atoms with Gasteiger partial charge in [-0.3, -0.25) is 29.9 Å². The largest absolute Gasteiger partial charge is 0.377 e. The monoisotopic (exact) mass is 402 g/mol. The van der Waals surface area contributed by atoms with E-state index in [4.69, 9.17) is 4.74 Å². The van der Waals surface area contributed by atoms with E-state index in [9.17, 15) is 24.5 Å². The van der Waals surface area contributed by atoms with Gasteiger partial charge in [0.1, 0.15) is 0 Å². The summed E-state index contributed by atoms with van der Waals surface area (Å²) in [6.45, 7) is 6.12. The molecule has 0 radical (unpaired) electrons. The number of anilines is 1. The van der Waals surface area contributed by atoms with Gasteiger partial charge in [0.05, 0.1) is 24.2 Å². The van der Waals surface area contributed by atoms with Gasteiger partial charge in [-0.05, 0) is 32.4 Å². The van der Waals surface area contributed by atoms with Crippen molar-refractivity contribution in [2.75, 3.05) is 24.7 Å². The Kier molecular flexibility index (Phi) is 4.16. The van der Waals surface area contributed by atoms with E-state index >= 15 is 0 Å². The Labute approximate surface area is 166 Å². The minimum absolute atomic E-state index is 0.0426. The number of morpholine rings is 1. The molecule has 29 heavy (non-hydrogen) atoms. The second kappa shape index (κ2) is 6.24. The third kappa shape index (κ3) is 2.70. The van der Waals surface area contributed by atoms with Crippen LogP contribution in [0, 0.1) is 15.5 Å². The van der Waals surface area contributed by atoms with E-state index in [2.05, 4.69) is 5.32 Å². The lowest BCUT2D eigenvalue weighted by atomic mass is 9.67. The molecule has 1 N–H and O–H groups in total. The minimum Gasteiger partial charge on any atom is -0.377 e. The summed E-state index contributed by atoms with van der Waals surface area (Å²) in [6, 6.07) is 3.09. The van der Waals surface area contributed by atoms with Crippen LogP contribution in [-0.2, 0) is 20.7 Å². The molecule has 1 spiro atoms. The number of amides is 4. The lowest BCUT2D eigenvalue weighted by molar-refractivity contribution is -0.384. The Balaban J connectivity index is 1.90. The molecule has 10 heteroatoms. The highest BCUT2D eigenvalue weighted by molar-refractivity contribution is 6.20. The second-order valence-corrected chi connectivity index (χ2v) is 8.57. The molecule has 2 saturated heterocycles. The average molecular weight is 402 g/mol. The maximum Gasteiger partial charge on any atom is 0.331 e. The van der Waals surface area contributed by atoms with E-state index in [0.29, 0.717) is 18.7 Å². The molecule has 0 bridgehead atoms. The molecule has 0 aliphatic carbocycles. The number of rotatable bonds is 1. The highest BCUT2D eigenvalue weighted by Gasteiger charge is 2.63. The van der Waals surface area contributed by atoms with Crippen LogP contribution in [0.2, 0.25) is 0 Å². The molecule has 3 aliphatic heterocycles. The SMILES string of the molecule is CC(C)(C)N1C(=O)NC(=O)[C@@]2(Cc3cc([N+](=O)[O-])ccc3N3CCOC[C@H]32)C1=O. The van der Waals surface area contributed by atoms with Crippen molar-refractivity contribution in [3.63, 3.8) is 0 Å². The highest BCUT2D eigenvalue weighted by Crippen LogP contribution is 2.47. The number of nitrogens with zero attached hydrogens (tertiary/aromatic N) is 3. The van der Waals surface area contributed by atoms with Crippen molar-refractivity contribution in [2.45, 2.75) is 38.8 Å². The molecule has 1 aromatic carbocycles. The van der Waals surface area contributed by atoms with Gasteiger partial charge in [-0.1, -0.05) is 0 Å². The number of nitro benzene ring substituents is 1. The Morgan fingerprint density at radius 2 is 2.00 bits per heavy atom. The maximum atomic E-state index is 13.7. The molecule has 10 nitrogen and oxygen atoms in total. The summed E-state index contributed by atoms with van der Waals surface area (Å²) in [7, 11) is 0. The summed E-state index contributed by atoms with van der Waals surface area (Å²) in [5, 5.41) is 13.6. The van der Waals surface area contributed by atoms with Gasteiger partial charge in [-0.25, -0.2) is 4.79 Å². The lowest BCUT2D eigenvalue weighted by Gasteiger charge is -2.54. The molecule has 0 aromatic heterocycles. The first-order valence-corrected chi connectivity index (χ1v) is 9.39. The number of nitro groups is 1. The number of urea groups is 1. The van der Waals surface area contributed by atoms with E-state index in [-0.39, 0.29) is 18.7 Å². The Hall–Kier alpha value is -3.01. The Morgan fingerprint density at radius 1 is 1.28 bits per heavy atom. The quantitative estimate of drug-likeness (QED) is 0.426. The number of benzene rings is 1. The normalized spacial score (nSPS) is 26.9. The second-order valence-electron chi connectivity index (χ2n) is 8.57. The fourth-order valence-corrected chi connectivity index (χ4v) is 4.54. The van der Waals surface area contributed by atoms with Crippen molar-refractivity contribution in [1.82, 2.24) is 10.2 Å².